The molecule has 0 amide bonds. The van der Waals surface area contributed by atoms with Crippen molar-refractivity contribution in [3.8, 4) is 0 Å². The van der Waals surface area contributed by atoms with E-state index in [1.807, 2.05) is 36.4 Å². The van der Waals surface area contributed by atoms with Crippen LogP contribution in [0.4, 0.5) is 11.5 Å². The van der Waals surface area contributed by atoms with E-state index in [9.17, 15) is 8.42 Å². The van der Waals surface area contributed by atoms with E-state index in [-0.39, 0.29) is 5.03 Å². The number of nitrogens with zero attached hydrogens (tertiary/aromatic N) is 5. The smallest absolute Gasteiger partial charge is 0.262 e. The monoisotopic (exact) mass is 420 g/mol. The third kappa shape index (κ3) is 3.31. The van der Waals surface area contributed by atoms with Crippen LogP contribution in [0, 0.1) is 0 Å². The van der Waals surface area contributed by atoms with Crippen molar-refractivity contribution < 1.29 is 8.42 Å². The first-order valence-electron chi connectivity index (χ1n) is 9.59. The molecule has 1 aliphatic rings. The highest BCUT2D eigenvalue weighted by Crippen LogP contribution is 2.29. The summed E-state index contributed by atoms with van der Waals surface area (Å²) in [6.07, 6.45) is 5.68. The van der Waals surface area contributed by atoms with Crippen LogP contribution in [0.2, 0.25) is 0 Å². The van der Waals surface area contributed by atoms with Gasteiger partial charge < -0.3 is 5.32 Å². The van der Waals surface area contributed by atoms with Crippen LogP contribution in [0.5, 0.6) is 0 Å². The Kier molecular flexibility index (Phi) is 4.48. The predicted molar refractivity (Wildman–Crippen MR) is 114 cm³/mol. The summed E-state index contributed by atoms with van der Waals surface area (Å²) in [5.74, 6) is 0.736. The number of rotatable bonds is 4. The van der Waals surface area contributed by atoms with Gasteiger partial charge in [-0.2, -0.15) is 9.40 Å². The molecule has 8 nitrogen and oxygen atoms in total. The van der Waals surface area contributed by atoms with Crippen molar-refractivity contribution >= 4 is 32.4 Å². The molecule has 1 aliphatic heterocycles. The maximum Gasteiger partial charge on any atom is 0.262 e. The number of nitrogens with one attached hydrogen (secondary N) is 1. The SMILES string of the molecule is Cn1ccc(S(=O)(=O)N2CCc3c(ccnc3Nc3cnc4ccccc4c3)C2)n1. The van der Waals surface area contributed by atoms with Crippen molar-refractivity contribution in [1.29, 1.82) is 0 Å². The van der Waals surface area contributed by atoms with Crippen LogP contribution >= 0.6 is 0 Å². The van der Waals surface area contributed by atoms with Crippen LogP contribution in [0.3, 0.4) is 0 Å². The van der Waals surface area contributed by atoms with Crippen LogP contribution in [-0.2, 0) is 30.0 Å². The zero-order valence-corrected chi connectivity index (χ0v) is 17.2. The average molecular weight is 420 g/mol. The highest BCUT2D eigenvalue weighted by atomic mass is 32.2. The second-order valence-electron chi connectivity index (χ2n) is 7.26. The van der Waals surface area contributed by atoms with E-state index in [2.05, 4.69) is 20.4 Å². The molecule has 3 aromatic heterocycles. The summed E-state index contributed by atoms with van der Waals surface area (Å²) in [5.41, 5.74) is 3.74. The highest BCUT2D eigenvalue weighted by Gasteiger charge is 2.31. The normalized spacial score (nSPS) is 14.6. The minimum Gasteiger partial charge on any atom is -0.339 e. The predicted octanol–water partition coefficient (Wildman–Crippen LogP) is 2.85. The summed E-state index contributed by atoms with van der Waals surface area (Å²) >= 11 is 0. The molecule has 9 heteroatoms. The number of benzene rings is 1. The lowest BCUT2D eigenvalue weighted by Gasteiger charge is -2.28. The van der Waals surface area contributed by atoms with E-state index >= 15 is 0 Å². The number of anilines is 2. The minimum absolute atomic E-state index is 0.0723. The first kappa shape index (κ1) is 18.7. The average Bonchev–Trinajstić information content (AvgIpc) is 3.21. The Hall–Kier alpha value is -3.30. The molecule has 0 saturated heterocycles. The molecule has 4 aromatic rings. The zero-order chi connectivity index (χ0) is 20.7. The maximum atomic E-state index is 12.9. The highest BCUT2D eigenvalue weighted by molar-refractivity contribution is 7.89. The number of para-hydroxylation sites is 1. The van der Waals surface area contributed by atoms with Crippen molar-refractivity contribution in [3.05, 3.63) is 72.2 Å². The Labute approximate surface area is 174 Å². The van der Waals surface area contributed by atoms with Gasteiger partial charge in [0.25, 0.3) is 10.0 Å². The van der Waals surface area contributed by atoms with Gasteiger partial charge in [0.1, 0.15) is 5.82 Å². The third-order valence-electron chi connectivity index (χ3n) is 5.26. The molecule has 0 radical (unpaired) electrons. The Bertz CT molecular complexity index is 1350. The van der Waals surface area contributed by atoms with Crippen LogP contribution in [0.1, 0.15) is 11.1 Å². The molecule has 152 valence electrons. The number of fused-ring (bicyclic) bond motifs is 2. The lowest BCUT2D eigenvalue weighted by molar-refractivity contribution is 0.389. The Morgan fingerprint density at radius 1 is 1.10 bits per heavy atom. The molecule has 0 fully saturated rings. The summed E-state index contributed by atoms with van der Waals surface area (Å²) < 4.78 is 28.8. The topological polar surface area (TPSA) is 93.0 Å². The van der Waals surface area contributed by atoms with Gasteiger partial charge in [-0.05, 0) is 36.2 Å². The molecule has 1 aromatic carbocycles. The number of aromatic nitrogens is 4. The molecule has 0 bridgehead atoms. The van der Waals surface area contributed by atoms with Gasteiger partial charge >= 0.3 is 0 Å². The second kappa shape index (κ2) is 7.19. The fourth-order valence-electron chi connectivity index (χ4n) is 3.72. The molecular formula is C21H20N6O2S. The Balaban J connectivity index is 1.42. The molecular weight excluding hydrogens is 400 g/mol. The summed E-state index contributed by atoms with van der Waals surface area (Å²) in [5, 5.41) is 8.54. The van der Waals surface area contributed by atoms with Crippen molar-refractivity contribution in [3.63, 3.8) is 0 Å². The van der Waals surface area contributed by atoms with Crippen molar-refractivity contribution in [2.75, 3.05) is 11.9 Å². The van der Waals surface area contributed by atoms with E-state index in [4.69, 9.17) is 0 Å². The van der Waals surface area contributed by atoms with Gasteiger partial charge in [0.15, 0.2) is 5.03 Å². The van der Waals surface area contributed by atoms with E-state index in [1.165, 1.54) is 15.1 Å². The molecule has 4 heterocycles. The van der Waals surface area contributed by atoms with E-state index in [0.29, 0.717) is 19.5 Å². The number of sulfonamides is 1. The lowest BCUT2D eigenvalue weighted by Crippen LogP contribution is -2.36. The van der Waals surface area contributed by atoms with Gasteiger partial charge in [0.05, 0.1) is 17.4 Å². The van der Waals surface area contributed by atoms with Gasteiger partial charge in [-0.25, -0.2) is 13.4 Å². The molecule has 1 N–H and O–H groups in total. The quantitative estimate of drug-likeness (QED) is 0.546. The van der Waals surface area contributed by atoms with E-state index < -0.39 is 10.0 Å². The minimum atomic E-state index is -3.63. The number of pyridine rings is 2. The Morgan fingerprint density at radius 3 is 2.80 bits per heavy atom. The zero-order valence-electron chi connectivity index (χ0n) is 16.4. The summed E-state index contributed by atoms with van der Waals surface area (Å²) in [6.45, 7) is 0.670. The van der Waals surface area contributed by atoms with Gasteiger partial charge in [-0.15, -0.1) is 0 Å². The van der Waals surface area contributed by atoms with Gasteiger partial charge in [-0.3, -0.25) is 9.67 Å². The molecule has 0 aliphatic carbocycles. The van der Waals surface area contributed by atoms with Crippen LogP contribution in [0.25, 0.3) is 10.9 Å². The molecule has 30 heavy (non-hydrogen) atoms. The first-order valence-corrected chi connectivity index (χ1v) is 11.0. The van der Waals surface area contributed by atoms with Crippen molar-refractivity contribution in [1.82, 2.24) is 24.1 Å². The van der Waals surface area contributed by atoms with E-state index in [0.717, 1.165) is 33.5 Å². The molecule has 0 unspecified atom stereocenters. The first-order chi connectivity index (χ1) is 14.5. The van der Waals surface area contributed by atoms with Gasteiger partial charge in [0, 0.05) is 43.5 Å². The fraction of sp³-hybridized carbons (Fsp3) is 0.190. The van der Waals surface area contributed by atoms with Crippen LogP contribution < -0.4 is 5.32 Å². The summed E-state index contributed by atoms with van der Waals surface area (Å²) in [7, 11) is -1.93. The Morgan fingerprint density at radius 2 is 1.97 bits per heavy atom. The summed E-state index contributed by atoms with van der Waals surface area (Å²) in [4.78, 5) is 8.98. The van der Waals surface area contributed by atoms with Crippen LogP contribution in [-0.4, -0.2) is 39.0 Å². The van der Waals surface area contributed by atoms with E-state index in [1.54, 1.807) is 25.6 Å². The lowest BCUT2D eigenvalue weighted by atomic mass is 10.0. The third-order valence-corrected chi connectivity index (χ3v) is 7.00. The van der Waals surface area contributed by atoms with Crippen molar-refractivity contribution in [2.24, 2.45) is 7.05 Å². The van der Waals surface area contributed by atoms with Crippen LogP contribution in [0.15, 0.2) is 66.1 Å². The van der Waals surface area contributed by atoms with Gasteiger partial charge in [-0.1, -0.05) is 18.2 Å². The van der Waals surface area contributed by atoms with Crippen molar-refractivity contribution in [2.45, 2.75) is 18.0 Å². The molecule has 0 saturated carbocycles. The second-order valence-corrected chi connectivity index (χ2v) is 9.14. The fourth-order valence-corrected chi connectivity index (χ4v) is 5.09. The maximum absolute atomic E-state index is 12.9. The molecule has 5 rings (SSSR count). The number of hydrogen-bond acceptors (Lipinski definition) is 6. The summed E-state index contributed by atoms with van der Waals surface area (Å²) in [6, 6.07) is 13.4. The molecule has 0 atom stereocenters. The number of hydrogen-bond donors (Lipinski definition) is 1. The standard InChI is InChI=1S/C21H20N6O2S/c1-26-10-8-20(25-26)30(28,29)27-11-7-18-16(14-27)6-9-22-21(18)24-17-12-15-4-2-3-5-19(15)23-13-17/h2-6,8-10,12-13H,7,11,14H2,1H3,(H,22,24). The molecule has 0 spiro atoms. The van der Waals surface area contributed by atoms with Gasteiger partial charge in [0.2, 0.25) is 0 Å². The number of aryl methyl sites for hydroxylation is 1. The largest absolute Gasteiger partial charge is 0.339 e.